The Labute approximate surface area is 141 Å². The van der Waals surface area contributed by atoms with Crippen molar-refractivity contribution in [2.45, 2.75) is 36.6 Å². The number of fused-ring (bicyclic) bond motifs is 1. The third kappa shape index (κ3) is 6.26. The Morgan fingerprint density at radius 2 is 1.72 bits per heavy atom. The summed E-state index contributed by atoms with van der Waals surface area (Å²) in [5.74, 6) is 0.842. The Bertz CT molecular complexity index is 935. The Kier molecular flexibility index (Phi) is 6.55. The van der Waals surface area contributed by atoms with Gasteiger partial charge in [-0.1, -0.05) is 13.3 Å². The van der Waals surface area contributed by atoms with Gasteiger partial charge < -0.3 is 4.98 Å². The number of aryl methyl sites for hydroxylation is 1. The van der Waals surface area contributed by atoms with Gasteiger partial charge in [0.05, 0.1) is 15.9 Å². The summed E-state index contributed by atoms with van der Waals surface area (Å²) in [6.45, 7) is 2.10. The maximum atomic E-state index is 11.0. The summed E-state index contributed by atoms with van der Waals surface area (Å²) in [5.41, 5.74) is -4.19. The van der Waals surface area contributed by atoms with Crippen LogP contribution >= 0.6 is 0 Å². The average molecular weight is 404 g/mol. The van der Waals surface area contributed by atoms with Crippen molar-refractivity contribution in [1.82, 2.24) is 9.97 Å². The Balaban J connectivity index is 0.000000333. The van der Waals surface area contributed by atoms with Gasteiger partial charge in [0, 0.05) is 6.42 Å². The summed E-state index contributed by atoms with van der Waals surface area (Å²) in [4.78, 5) is 7.28. The number of nitrogens with zero attached hydrogens (tertiary/aromatic N) is 1. The van der Waals surface area contributed by atoms with Crippen LogP contribution < -0.4 is 0 Å². The first-order valence-corrected chi connectivity index (χ1v) is 9.63. The summed E-state index contributed by atoms with van der Waals surface area (Å²) in [6.07, 6.45) is 2.95. The predicted octanol–water partition coefficient (Wildman–Crippen LogP) is 2.55. The summed E-state index contributed by atoms with van der Waals surface area (Å²) < 4.78 is 88.4. The van der Waals surface area contributed by atoms with Crippen molar-refractivity contribution in [1.29, 1.82) is 0 Å². The Hall–Kier alpha value is -1.70. The Morgan fingerprint density at radius 3 is 2.16 bits per heavy atom. The van der Waals surface area contributed by atoms with Crippen LogP contribution in [0.3, 0.4) is 0 Å². The van der Waals surface area contributed by atoms with Crippen LogP contribution in [0.4, 0.5) is 13.2 Å². The van der Waals surface area contributed by atoms with Gasteiger partial charge in [-0.25, -0.2) is 4.98 Å². The van der Waals surface area contributed by atoms with E-state index < -0.39 is 25.7 Å². The second kappa shape index (κ2) is 7.68. The van der Waals surface area contributed by atoms with E-state index in [1.165, 1.54) is 12.1 Å². The van der Waals surface area contributed by atoms with Gasteiger partial charge in [-0.15, -0.1) is 0 Å². The van der Waals surface area contributed by atoms with Crippen molar-refractivity contribution in [2.75, 3.05) is 0 Å². The maximum absolute atomic E-state index is 11.0. The number of hydrogen-bond acceptors (Lipinski definition) is 5. The fourth-order valence-electron chi connectivity index (χ4n) is 1.66. The number of aromatic amines is 1. The standard InChI is InChI=1S/C11H14N2O3S.CHF3O3S/c1-2-3-4-11-12-9-6-5-8(17(14,15)16)7-10(9)13-11;2-1(3,4)8(5,6)7/h5-7H,2-4H2,1H3,(H,12,13)(H,14,15,16);(H,5,6,7). The molecule has 0 bridgehead atoms. The summed E-state index contributed by atoms with van der Waals surface area (Å²) in [6, 6.07) is 4.33. The molecule has 8 nitrogen and oxygen atoms in total. The third-order valence-corrected chi connectivity index (χ3v) is 4.29. The second-order valence-electron chi connectivity index (χ2n) is 4.86. The minimum absolute atomic E-state index is 0.115. The Morgan fingerprint density at radius 1 is 1.16 bits per heavy atom. The fraction of sp³-hybridized carbons (Fsp3) is 0.417. The number of imidazole rings is 1. The van der Waals surface area contributed by atoms with Crippen LogP contribution in [0.25, 0.3) is 11.0 Å². The topological polar surface area (TPSA) is 137 Å². The van der Waals surface area contributed by atoms with E-state index >= 15 is 0 Å². The minimum atomic E-state index is -5.84. The monoisotopic (exact) mass is 404 g/mol. The van der Waals surface area contributed by atoms with Crippen LogP contribution in [0.5, 0.6) is 0 Å². The zero-order chi connectivity index (χ0) is 19.5. The van der Waals surface area contributed by atoms with Crippen molar-refractivity contribution in [3.8, 4) is 0 Å². The molecule has 0 aliphatic carbocycles. The summed E-state index contributed by atoms with van der Waals surface area (Å²) in [5, 5.41) is 0. The fourth-order valence-corrected chi connectivity index (χ4v) is 2.17. The van der Waals surface area contributed by atoms with Crippen molar-refractivity contribution in [3.63, 3.8) is 0 Å². The number of rotatable bonds is 4. The number of H-pyrrole nitrogens is 1. The molecule has 0 aliphatic rings. The summed E-state index contributed by atoms with van der Waals surface area (Å²) >= 11 is 0. The number of halogens is 3. The highest BCUT2D eigenvalue weighted by molar-refractivity contribution is 7.86. The number of unbranched alkanes of at least 4 members (excludes halogenated alkanes) is 1. The third-order valence-electron chi connectivity index (χ3n) is 2.86. The first kappa shape index (κ1) is 21.3. The lowest BCUT2D eigenvalue weighted by Gasteiger charge is -1.97. The molecule has 0 unspecified atom stereocenters. The van der Waals surface area contributed by atoms with Gasteiger partial charge in [0.25, 0.3) is 10.1 Å². The first-order chi connectivity index (χ1) is 11.3. The van der Waals surface area contributed by atoms with Crippen LogP contribution in [-0.4, -0.2) is 41.4 Å². The molecule has 0 saturated carbocycles. The SMILES string of the molecule is CCCCc1nc2ccc(S(=O)(=O)O)cc2[nH]1.O=S(=O)(O)C(F)(F)F. The van der Waals surface area contributed by atoms with E-state index in [1.807, 2.05) is 0 Å². The predicted molar refractivity (Wildman–Crippen MR) is 82.1 cm³/mol. The van der Waals surface area contributed by atoms with Crippen molar-refractivity contribution >= 4 is 31.3 Å². The molecule has 142 valence electrons. The molecule has 0 atom stereocenters. The number of alkyl halides is 3. The molecule has 0 radical (unpaired) electrons. The molecule has 0 fully saturated rings. The summed E-state index contributed by atoms with van der Waals surface area (Å²) in [7, 11) is -9.99. The number of hydrogen-bond donors (Lipinski definition) is 3. The second-order valence-corrected chi connectivity index (χ2v) is 7.70. The maximum Gasteiger partial charge on any atom is 0.522 e. The van der Waals surface area contributed by atoms with Gasteiger partial charge in [0.2, 0.25) is 0 Å². The van der Waals surface area contributed by atoms with E-state index in [2.05, 4.69) is 16.9 Å². The van der Waals surface area contributed by atoms with E-state index in [0.717, 1.165) is 25.1 Å². The van der Waals surface area contributed by atoms with Gasteiger partial charge in [-0.05, 0) is 24.6 Å². The zero-order valence-electron chi connectivity index (χ0n) is 12.8. The van der Waals surface area contributed by atoms with Crippen molar-refractivity contribution in [3.05, 3.63) is 24.0 Å². The van der Waals surface area contributed by atoms with E-state index in [0.29, 0.717) is 11.0 Å². The smallest absolute Gasteiger partial charge is 0.342 e. The van der Waals surface area contributed by atoms with Crippen LogP contribution in [-0.2, 0) is 26.7 Å². The molecule has 0 aliphatic heterocycles. The number of benzene rings is 1. The molecule has 3 N–H and O–H groups in total. The molecule has 2 rings (SSSR count). The lowest BCUT2D eigenvalue weighted by Crippen LogP contribution is -2.21. The van der Waals surface area contributed by atoms with Gasteiger partial charge >= 0.3 is 15.6 Å². The van der Waals surface area contributed by atoms with Gasteiger partial charge in [0.15, 0.2) is 0 Å². The quantitative estimate of drug-likeness (QED) is 0.526. The van der Waals surface area contributed by atoms with Crippen molar-refractivity contribution < 1.29 is 39.1 Å². The molecular formula is C12H15F3N2O6S2. The molecule has 0 amide bonds. The highest BCUT2D eigenvalue weighted by atomic mass is 32.2. The molecule has 0 saturated heterocycles. The van der Waals surface area contributed by atoms with E-state index in [-0.39, 0.29) is 4.90 Å². The van der Waals surface area contributed by atoms with Crippen LogP contribution in [0.15, 0.2) is 23.1 Å². The highest BCUT2D eigenvalue weighted by Gasteiger charge is 2.44. The van der Waals surface area contributed by atoms with Gasteiger partial charge in [0.1, 0.15) is 5.82 Å². The van der Waals surface area contributed by atoms with E-state index in [9.17, 15) is 21.6 Å². The van der Waals surface area contributed by atoms with E-state index in [1.54, 1.807) is 6.07 Å². The minimum Gasteiger partial charge on any atom is -0.342 e. The zero-order valence-corrected chi connectivity index (χ0v) is 14.4. The lowest BCUT2D eigenvalue weighted by molar-refractivity contribution is -0.0510. The van der Waals surface area contributed by atoms with Gasteiger partial charge in [-0.2, -0.15) is 30.0 Å². The molecular weight excluding hydrogens is 389 g/mol. The molecule has 13 heteroatoms. The molecule has 25 heavy (non-hydrogen) atoms. The molecule has 1 aromatic heterocycles. The average Bonchev–Trinajstić information content (AvgIpc) is 2.84. The highest BCUT2D eigenvalue weighted by Crippen LogP contribution is 2.20. The largest absolute Gasteiger partial charge is 0.522 e. The normalized spacial score (nSPS) is 12.7. The van der Waals surface area contributed by atoms with Gasteiger partial charge in [-0.3, -0.25) is 9.11 Å². The number of nitrogens with one attached hydrogen (secondary N) is 1. The van der Waals surface area contributed by atoms with Crippen LogP contribution in [0.1, 0.15) is 25.6 Å². The lowest BCUT2D eigenvalue weighted by atomic mass is 10.2. The first-order valence-electron chi connectivity index (χ1n) is 6.75. The van der Waals surface area contributed by atoms with Crippen LogP contribution in [0, 0.1) is 0 Å². The molecule has 0 spiro atoms. The molecule has 1 aromatic carbocycles. The number of aromatic nitrogens is 2. The van der Waals surface area contributed by atoms with E-state index in [4.69, 9.17) is 17.5 Å². The molecule has 1 heterocycles. The molecule has 2 aromatic rings. The van der Waals surface area contributed by atoms with Crippen molar-refractivity contribution in [2.24, 2.45) is 0 Å². The van der Waals surface area contributed by atoms with Crippen LogP contribution in [0.2, 0.25) is 0 Å².